The van der Waals surface area contributed by atoms with Gasteiger partial charge in [0.25, 0.3) is 0 Å². The van der Waals surface area contributed by atoms with E-state index in [-0.39, 0.29) is 11.9 Å². The summed E-state index contributed by atoms with van der Waals surface area (Å²) in [5.41, 5.74) is 3.42. The first-order valence-corrected chi connectivity index (χ1v) is 11.8. The van der Waals surface area contributed by atoms with Gasteiger partial charge in [-0.05, 0) is 61.2 Å². The summed E-state index contributed by atoms with van der Waals surface area (Å²) < 4.78 is 0. The number of nitrogens with one attached hydrogen (secondary N) is 1. The SMILES string of the molecule is O=C1Nc2cc(CN3CCC(c4ccc(Cl)cc4)CC3)cnc2N2CCSCC12. The maximum atomic E-state index is 12.5. The minimum atomic E-state index is -0.0773. The monoisotopic (exact) mass is 428 g/mol. The molecule has 0 saturated carbocycles. The number of nitrogens with zero attached hydrogens (tertiary/aromatic N) is 3. The number of carbonyl (C=O) groups excluding carboxylic acids is 1. The molecule has 3 aliphatic heterocycles. The molecule has 5 nitrogen and oxygen atoms in total. The quantitative estimate of drug-likeness (QED) is 0.801. The normalized spacial score (nSPS) is 22.7. The van der Waals surface area contributed by atoms with Gasteiger partial charge in [-0.25, -0.2) is 4.98 Å². The van der Waals surface area contributed by atoms with E-state index in [0.717, 1.165) is 67.1 Å². The summed E-state index contributed by atoms with van der Waals surface area (Å²) in [6, 6.07) is 10.3. The van der Waals surface area contributed by atoms with E-state index >= 15 is 0 Å². The highest BCUT2D eigenvalue weighted by Gasteiger charge is 2.36. The molecule has 1 atom stereocenters. The highest BCUT2D eigenvalue weighted by Crippen LogP contribution is 2.35. The number of pyridine rings is 1. The number of anilines is 2. The molecule has 4 heterocycles. The van der Waals surface area contributed by atoms with E-state index < -0.39 is 0 Å². The molecule has 1 aromatic heterocycles. The molecule has 0 aliphatic carbocycles. The number of thioether (sulfide) groups is 1. The first-order chi connectivity index (χ1) is 14.2. The molecule has 0 spiro atoms. The number of piperidine rings is 1. The lowest BCUT2D eigenvalue weighted by Crippen LogP contribution is -2.53. The van der Waals surface area contributed by atoms with Gasteiger partial charge in [0.05, 0.1) is 5.69 Å². The third kappa shape index (κ3) is 3.98. The van der Waals surface area contributed by atoms with Crippen molar-refractivity contribution in [2.75, 3.05) is 41.4 Å². The Balaban J connectivity index is 1.24. The molecule has 152 valence electrons. The van der Waals surface area contributed by atoms with Crippen LogP contribution in [0.25, 0.3) is 0 Å². The van der Waals surface area contributed by atoms with Crippen molar-refractivity contribution in [2.24, 2.45) is 0 Å². The minimum Gasteiger partial charge on any atom is -0.341 e. The zero-order chi connectivity index (χ0) is 19.8. The lowest BCUT2D eigenvalue weighted by atomic mass is 9.89. The lowest BCUT2D eigenvalue weighted by molar-refractivity contribution is -0.117. The predicted octanol–water partition coefficient (Wildman–Crippen LogP) is 3.99. The average molecular weight is 429 g/mol. The van der Waals surface area contributed by atoms with Gasteiger partial charge in [0.15, 0.2) is 5.82 Å². The van der Waals surface area contributed by atoms with Crippen LogP contribution in [0.1, 0.15) is 29.9 Å². The molecule has 7 heteroatoms. The van der Waals surface area contributed by atoms with Crippen molar-refractivity contribution >= 4 is 40.8 Å². The number of likely N-dealkylation sites (tertiary alicyclic amines) is 1. The molecular formula is C22H25ClN4OS. The van der Waals surface area contributed by atoms with Crippen LogP contribution in [0.3, 0.4) is 0 Å². The van der Waals surface area contributed by atoms with Crippen molar-refractivity contribution in [1.82, 2.24) is 9.88 Å². The second-order valence-electron chi connectivity index (χ2n) is 8.09. The number of aromatic nitrogens is 1. The molecule has 5 rings (SSSR count). The van der Waals surface area contributed by atoms with Crippen molar-refractivity contribution in [1.29, 1.82) is 0 Å². The van der Waals surface area contributed by atoms with Crippen LogP contribution in [-0.2, 0) is 11.3 Å². The van der Waals surface area contributed by atoms with Crippen molar-refractivity contribution < 1.29 is 4.79 Å². The minimum absolute atomic E-state index is 0.0773. The fourth-order valence-electron chi connectivity index (χ4n) is 4.62. The summed E-state index contributed by atoms with van der Waals surface area (Å²) in [4.78, 5) is 21.9. The van der Waals surface area contributed by atoms with Crippen LogP contribution >= 0.6 is 23.4 Å². The topological polar surface area (TPSA) is 48.5 Å². The molecule has 0 radical (unpaired) electrons. The number of carbonyl (C=O) groups is 1. The number of benzene rings is 1. The van der Waals surface area contributed by atoms with E-state index in [9.17, 15) is 4.79 Å². The van der Waals surface area contributed by atoms with Gasteiger partial charge in [0.1, 0.15) is 6.04 Å². The van der Waals surface area contributed by atoms with E-state index in [4.69, 9.17) is 16.6 Å². The summed E-state index contributed by atoms with van der Waals surface area (Å²) in [6.45, 7) is 3.91. The van der Waals surface area contributed by atoms with Gasteiger partial charge in [-0.2, -0.15) is 11.8 Å². The molecule has 2 saturated heterocycles. The Morgan fingerprint density at radius 2 is 1.97 bits per heavy atom. The second kappa shape index (κ2) is 8.17. The maximum absolute atomic E-state index is 12.5. The molecule has 1 amide bonds. The first-order valence-electron chi connectivity index (χ1n) is 10.3. The maximum Gasteiger partial charge on any atom is 0.248 e. The van der Waals surface area contributed by atoms with Crippen LogP contribution in [0.2, 0.25) is 5.02 Å². The third-order valence-electron chi connectivity index (χ3n) is 6.22. The van der Waals surface area contributed by atoms with Crippen LogP contribution < -0.4 is 10.2 Å². The molecular weight excluding hydrogens is 404 g/mol. The summed E-state index contributed by atoms with van der Waals surface area (Å²) in [6.07, 6.45) is 4.30. The Bertz CT molecular complexity index is 898. The fourth-order valence-corrected chi connectivity index (χ4v) is 5.79. The van der Waals surface area contributed by atoms with E-state index in [1.54, 1.807) is 0 Å². The Kier molecular flexibility index (Phi) is 5.41. The zero-order valence-corrected chi connectivity index (χ0v) is 17.9. The summed E-state index contributed by atoms with van der Waals surface area (Å²) in [5, 5.41) is 3.88. The van der Waals surface area contributed by atoms with Gasteiger partial charge in [-0.3, -0.25) is 9.69 Å². The molecule has 2 aromatic rings. The molecule has 3 aliphatic rings. The average Bonchev–Trinajstić information content (AvgIpc) is 2.75. The number of halogens is 1. The lowest BCUT2D eigenvalue weighted by Gasteiger charge is -2.40. The Labute approximate surface area is 180 Å². The Morgan fingerprint density at radius 1 is 1.17 bits per heavy atom. The standard InChI is InChI=1S/C22H25ClN4OS/c23-18-3-1-16(2-4-18)17-5-7-26(8-6-17)13-15-11-19-21(24-12-15)27-9-10-29-14-20(27)22(28)25-19/h1-4,11-12,17,20H,5-10,13-14H2,(H,25,28). The largest absolute Gasteiger partial charge is 0.341 e. The van der Waals surface area contributed by atoms with Crippen LogP contribution in [0.5, 0.6) is 0 Å². The number of hydrogen-bond donors (Lipinski definition) is 1. The van der Waals surface area contributed by atoms with Crippen LogP contribution in [0, 0.1) is 0 Å². The van der Waals surface area contributed by atoms with Crippen molar-refractivity contribution in [3.05, 3.63) is 52.7 Å². The van der Waals surface area contributed by atoms with Crippen molar-refractivity contribution in [3.8, 4) is 0 Å². The molecule has 0 bridgehead atoms. The van der Waals surface area contributed by atoms with Crippen molar-refractivity contribution in [3.63, 3.8) is 0 Å². The van der Waals surface area contributed by atoms with E-state index in [0.29, 0.717) is 5.92 Å². The Hall–Kier alpha value is -1.76. The second-order valence-corrected chi connectivity index (χ2v) is 9.68. The van der Waals surface area contributed by atoms with Crippen LogP contribution in [0.15, 0.2) is 36.5 Å². The molecule has 29 heavy (non-hydrogen) atoms. The van der Waals surface area contributed by atoms with Crippen LogP contribution in [-0.4, -0.2) is 53.0 Å². The van der Waals surface area contributed by atoms with Gasteiger partial charge in [0.2, 0.25) is 5.91 Å². The smallest absolute Gasteiger partial charge is 0.248 e. The van der Waals surface area contributed by atoms with Crippen LogP contribution in [0.4, 0.5) is 11.5 Å². The zero-order valence-electron chi connectivity index (χ0n) is 16.3. The Morgan fingerprint density at radius 3 is 2.76 bits per heavy atom. The fraction of sp³-hybridized carbons (Fsp3) is 0.455. The van der Waals surface area contributed by atoms with Crippen molar-refractivity contribution in [2.45, 2.75) is 31.3 Å². The third-order valence-corrected chi connectivity index (χ3v) is 7.49. The summed E-state index contributed by atoms with van der Waals surface area (Å²) >= 11 is 7.86. The highest BCUT2D eigenvalue weighted by atomic mass is 35.5. The first kappa shape index (κ1) is 19.2. The summed E-state index contributed by atoms with van der Waals surface area (Å²) in [5.74, 6) is 3.54. The van der Waals surface area contributed by atoms with Gasteiger partial charge in [0, 0.05) is 35.8 Å². The summed E-state index contributed by atoms with van der Waals surface area (Å²) in [7, 11) is 0. The van der Waals surface area contributed by atoms with Gasteiger partial charge in [-0.1, -0.05) is 23.7 Å². The van der Waals surface area contributed by atoms with Gasteiger partial charge in [-0.15, -0.1) is 0 Å². The predicted molar refractivity (Wildman–Crippen MR) is 120 cm³/mol. The van der Waals surface area contributed by atoms with Gasteiger partial charge < -0.3 is 10.2 Å². The van der Waals surface area contributed by atoms with E-state index in [2.05, 4.69) is 33.3 Å². The number of hydrogen-bond acceptors (Lipinski definition) is 5. The molecule has 1 unspecified atom stereocenters. The molecule has 1 N–H and O–H groups in total. The molecule has 1 aromatic carbocycles. The van der Waals surface area contributed by atoms with E-state index in [1.165, 1.54) is 11.1 Å². The number of amides is 1. The number of rotatable bonds is 3. The van der Waals surface area contributed by atoms with E-state index in [1.807, 2.05) is 30.1 Å². The van der Waals surface area contributed by atoms with Gasteiger partial charge >= 0.3 is 0 Å². The molecule has 2 fully saturated rings. The highest BCUT2D eigenvalue weighted by molar-refractivity contribution is 7.99. The number of fused-ring (bicyclic) bond motifs is 3.